The van der Waals surface area contributed by atoms with Crippen molar-refractivity contribution in [2.75, 3.05) is 5.75 Å². The lowest BCUT2D eigenvalue weighted by atomic mass is 10.1. The van der Waals surface area contributed by atoms with Crippen molar-refractivity contribution in [3.63, 3.8) is 0 Å². The predicted octanol–water partition coefficient (Wildman–Crippen LogP) is 4.62. The van der Waals surface area contributed by atoms with Crippen LogP contribution in [0.15, 0.2) is 34.7 Å². The topological polar surface area (TPSA) is 47.8 Å². The van der Waals surface area contributed by atoms with E-state index >= 15 is 0 Å². The van der Waals surface area contributed by atoms with Crippen LogP contribution in [0.3, 0.4) is 0 Å². The number of Topliss-reactive ketones (excluding diaryl/α,β-unsaturated/α-hetero) is 1. The predicted molar refractivity (Wildman–Crippen MR) is 104 cm³/mol. The molecule has 0 N–H and O–H groups in total. The molecule has 0 amide bonds. The van der Waals surface area contributed by atoms with Crippen molar-refractivity contribution < 1.29 is 9.18 Å². The largest absolute Gasteiger partial charge is 0.348 e. The van der Waals surface area contributed by atoms with Crippen LogP contribution in [0, 0.1) is 26.6 Å². The average molecular weight is 390 g/mol. The summed E-state index contributed by atoms with van der Waals surface area (Å²) in [6, 6.07) is 8.51. The van der Waals surface area contributed by atoms with Crippen LogP contribution >= 0.6 is 23.1 Å². The lowest BCUT2D eigenvalue weighted by molar-refractivity contribution is 0.102. The first-order chi connectivity index (χ1) is 12.4. The SMILES string of the molecule is Cc1nnc(SCC(=O)c2cc(C)n(CCc3ccc(F)cc3)c2C)s1. The zero-order chi connectivity index (χ0) is 18.7. The van der Waals surface area contributed by atoms with E-state index in [1.807, 2.05) is 26.8 Å². The number of ketones is 1. The van der Waals surface area contributed by atoms with Gasteiger partial charge in [-0.1, -0.05) is 35.2 Å². The molecule has 4 nitrogen and oxygen atoms in total. The van der Waals surface area contributed by atoms with Crippen molar-refractivity contribution in [2.24, 2.45) is 0 Å². The Morgan fingerprint density at radius 1 is 1.19 bits per heavy atom. The number of aryl methyl sites for hydroxylation is 3. The maximum absolute atomic E-state index is 13.0. The summed E-state index contributed by atoms with van der Waals surface area (Å²) in [4.78, 5) is 12.6. The van der Waals surface area contributed by atoms with Gasteiger partial charge in [0.1, 0.15) is 10.8 Å². The number of benzene rings is 1. The standard InChI is InChI=1S/C19H20FN3OS2/c1-12-10-17(18(24)11-25-19-22-21-14(3)26-19)13(2)23(12)9-8-15-4-6-16(20)7-5-15/h4-7,10H,8-9,11H2,1-3H3. The second-order valence-corrected chi connectivity index (χ2v) is 8.52. The summed E-state index contributed by atoms with van der Waals surface area (Å²) in [5.41, 5.74) is 3.87. The molecule has 0 atom stereocenters. The molecule has 0 saturated heterocycles. The van der Waals surface area contributed by atoms with Gasteiger partial charge >= 0.3 is 0 Å². The molecular formula is C19H20FN3OS2. The van der Waals surface area contributed by atoms with Crippen molar-refractivity contribution in [1.29, 1.82) is 0 Å². The summed E-state index contributed by atoms with van der Waals surface area (Å²) in [5.74, 6) is 0.235. The zero-order valence-electron chi connectivity index (χ0n) is 15.0. The first-order valence-corrected chi connectivity index (χ1v) is 10.1. The van der Waals surface area contributed by atoms with E-state index in [1.165, 1.54) is 35.2 Å². The van der Waals surface area contributed by atoms with E-state index in [2.05, 4.69) is 14.8 Å². The van der Waals surface area contributed by atoms with Crippen LogP contribution < -0.4 is 0 Å². The van der Waals surface area contributed by atoms with Gasteiger partial charge in [-0.2, -0.15) is 0 Å². The zero-order valence-corrected chi connectivity index (χ0v) is 16.6. The van der Waals surface area contributed by atoms with E-state index in [-0.39, 0.29) is 11.6 Å². The van der Waals surface area contributed by atoms with Gasteiger partial charge in [0.25, 0.3) is 0 Å². The van der Waals surface area contributed by atoms with E-state index in [0.29, 0.717) is 5.75 Å². The molecular weight excluding hydrogens is 369 g/mol. The van der Waals surface area contributed by atoms with Gasteiger partial charge in [-0.05, 0) is 51.0 Å². The normalized spacial score (nSPS) is 11.1. The van der Waals surface area contributed by atoms with Crippen LogP contribution in [0.1, 0.15) is 32.3 Å². The van der Waals surface area contributed by atoms with Crippen LogP contribution in [0.5, 0.6) is 0 Å². The molecule has 0 aliphatic carbocycles. The van der Waals surface area contributed by atoms with E-state index in [0.717, 1.165) is 44.8 Å². The molecule has 26 heavy (non-hydrogen) atoms. The Morgan fingerprint density at radius 2 is 1.92 bits per heavy atom. The lowest BCUT2D eigenvalue weighted by Crippen LogP contribution is -2.08. The Bertz CT molecular complexity index is 916. The molecule has 136 valence electrons. The average Bonchev–Trinajstić information content (AvgIpc) is 3.16. The molecule has 2 aromatic heterocycles. The lowest BCUT2D eigenvalue weighted by Gasteiger charge is -2.10. The molecule has 0 radical (unpaired) electrons. The van der Waals surface area contributed by atoms with Gasteiger partial charge in [0.15, 0.2) is 10.1 Å². The van der Waals surface area contributed by atoms with Crippen molar-refractivity contribution in [3.05, 3.63) is 63.7 Å². The van der Waals surface area contributed by atoms with Crippen LogP contribution in [-0.2, 0) is 13.0 Å². The van der Waals surface area contributed by atoms with Gasteiger partial charge in [-0.25, -0.2) is 4.39 Å². The summed E-state index contributed by atoms with van der Waals surface area (Å²) in [7, 11) is 0. The number of hydrogen-bond donors (Lipinski definition) is 0. The highest BCUT2D eigenvalue weighted by atomic mass is 32.2. The Hall–Kier alpha value is -1.99. The number of rotatable bonds is 7. The monoisotopic (exact) mass is 389 g/mol. The minimum absolute atomic E-state index is 0.101. The first-order valence-electron chi connectivity index (χ1n) is 8.31. The van der Waals surface area contributed by atoms with Crippen LogP contribution in [0.2, 0.25) is 0 Å². The molecule has 3 rings (SSSR count). The molecule has 0 fully saturated rings. The summed E-state index contributed by atoms with van der Waals surface area (Å²) < 4.78 is 16.0. The Morgan fingerprint density at radius 3 is 2.58 bits per heavy atom. The highest BCUT2D eigenvalue weighted by Crippen LogP contribution is 2.24. The molecule has 0 unspecified atom stereocenters. The number of nitrogens with zero attached hydrogens (tertiary/aromatic N) is 3. The van der Waals surface area contributed by atoms with Gasteiger partial charge in [0, 0.05) is 23.5 Å². The Balaban J connectivity index is 1.66. The number of halogens is 1. The van der Waals surface area contributed by atoms with Gasteiger partial charge in [0.05, 0.1) is 5.75 Å². The number of hydrogen-bond acceptors (Lipinski definition) is 5. The van der Waals surface area contributed by atoms with Gasteiger partial charge in [-0.15, -0.1) is 10.2 Å². The Labute approximate surface area is 160 Å². The quantitative estimate of drug-likeness (QED) is 0.437. The van der Waals surface area contributed by atoms with E-state index < -0.39 is 0 Å². The molecule has 0 aliphatic heterocycles. The highest BCUT2D eigenvalue weighted by molar-refractivity contribution is 8.01. The summed E-state index contributed by atoms with van der Waals surface area (Å²) >= 11 is 2.93. The van der Waals surface area contributed by atoms with Gasteiger partial charge < -0.3 is 4.57 Å². The minimum atomic E-state index is -0.224. The third kappa shape index (κ3) is 4.40. The highest BCUT2D eigenvalue weighted by Gasteiger charge is 2.16. The Kier molecular flexibility index (Phi) is 5.88. The molecule has 0 bridgehead atoms. The van der Waals surface area contributed by atoms with Crippen LogP contribution in [0.25, 0.3) is 0 Å². The number of carbonyl (C=O) groups excluding carboxylic acids is 1. The third-order valence-corrected chi connectivity index (χ3v) is 6.22. The first kappa shape index (κ1) is 18.8. The second-order valence-electron chi connectivity index (χ2n) is 6.11. The fraction of sp³-hybridized carbons (Fsp3) is 0.316. The van der Waals surface area contributed by atoms with E-state index in [4.69, 9.17) is 0 Å². The van der Waals surface area contributed by atoms with Crippen LogP contribution in [-0.4, -0.2) is 26.3 Å². The molecule has 0 spiro atoms. The summed E-state index contributed by atoms with van der Waals surface area (Å²) in [5, 5.41) is 8.92. The maximum Gasteiger partial charge on any atom is 0.174 e. The second kappa shape index (κ2) is 8.14. The molecule has 3 aromatic rings. The molecule has 0 aliphatic rings. The summed E-state index contributed by atoms with van der Waals surface area (Å²) in [6.07, 6.45) is 0.795. The van der Waals surface area contributed by atoms with E-state index in [1.54, 1.807) is 12.1 Å². The molecule has 2 heterocycles. The molecule has 0 saturated carbocycles. The molecule has 1 aromatic carbocycles. The van der Waals surface area contributed by atoms with Crippen molar-refractivity contribution >= 4 is 28.9 Å². The maximum atomic E-state index is 13.0. The number of thioether (sulfide) groups is 1. The third-order valence-electron chi connectivity index (χ3n) is 4.25. The van der Waals surface area contributed by atoms with Crippen molar-refractivity contribution in [2.45, 2.75) is 38.1 Å². The number of aromatic nitrogens is 3. The van der Waals surface area contributed by atoms with E-state index in [9.17, 15) is 9.18 Å². The minimum Gasteiger partial charge on any atom is -0.348 e. The van der Waals surface area contributed by atoms with Crippen molar-refractivity contribution in [1.82, 2.24) is 14.8 Å². The van der Waals surface area contributed by atoms with Gasteiger partial charge in [0.2, 0.25) is 0 Å². The smallest absolute Gasteiger partial charge is 0.174 e. The summed E-state index contributed by atoms with van der Waals surface area (Å²) in [6.45, 7) is 6.65. The molecule has 7 heteroatoms. The fourth-order valence-electron chi connectivity index (χ4n) is 2.86. The fourth-order valence-corrected chi connectivity index (χ4v) is 4.56. The van der Waals surface area contributed by atoms with Gasteiger partial charge in [-0.3, -0.25) is 4.79 Å². The van der Waals surface area contributed by atoms with Crippen molar-refractivity contribution in [3.8, 4) is 0 Å². The number of carbonyl (C=O) groups is 1. The van der Waals surface area contributed by atoms with Crippen LogP contribution in [0.4, 0.5) is 4.39 Å².